The number of hydrogen-bond acceptors (Lipinski definition) is 5. The molecule has 6 aromatic rings. The normalized spacial score (nSPS) is 14.0. The molecule has 2 N–H and O–H groups in total. The highest BCUT2D eigenvalue weighted by Gasteiger charge is 2.17. The molecule has 1 fully saturated rings. The van der Waals surface area contributed by atoms with Crippen LogP contribution in [-0.2, 0) is 12.8 Å². The lowest BCUT2D eigenvalue weighted by Gasteiger charge is -2.14. The van der Waals surface area contributed by atoms with Gasteiger partial charge in [0.1, 0.15) is 11.5 Å². The third kappa shape index (κ3) is 6.53. The Morgan fingerprint density at radius 3 is 2.49 bits per heavy atom. The molecule has 1 saturated heterocycles. The molecule has 1 aliphatic heterocycles. The second-order valence-corrected chi connectivity index (χ2v) is 12.6. The highest BCUT2D eigenvalue weighted by atomic mass is 19.1. The largest absolute Gasteiger partial charge is 0.353 e. The van der Waals surface area contributed by atoms with E-state index in [4.69, 9.17) is 10.1 Å². The summed E-state index contributed by atoms with van der Waals surface area (Å²) in [4.78, 5) is 17.5. The summed E-state index contributed by atoms with van der Waals surface area (Å²) in [5, 5.41) is 9.88. The van der Waals surface area contributed by atoms with E-state index in [2.05, 4.69) is 75.4 Å². The van der Waals surface area contributed by atoms with Crippen LogP contribution in [-0.4, -0.2) is 75.2 Å². The lowest BCUT2D eigenvalue weighted by atomic mass is 10.0. The average molecular weight is 602 g/mol. The fraction of sp³-hybridized carbons (Fsp3) is 0.324. The molecule has 0 spiro atoms. The quantitative estimate of drug-likeness (QED) is 0.161. The lowest BCUT2D eigenvalue weighted by Crippen LogP contribution is -2.20. The number of fused-ring (bicyclic) bond motifs is 2. The maximum Gasteiger partial charge on any atom is 0.124 e. The molecule has 0 bridgehead atoms. The van der Waals surface area contributed by atoms with Gasteiger partial charge >= 0.3 is 0 Å². The van der Waals surface area contributed by atoms with E-state index in [1.807, 2.05) is 18.5 Å². The van der Waals surface area contributed by atoms with E-state index in [0.717, 1.165) is 99.9 Å². The summed E-state index contributed by atoms with van der Waals surface area (Å²) in [6, 6.07) is 18.0. The number of likely N-dealkylation sites (tertiary alicyclic amines) is 1. The van der Waals surface area contributed by atoms with Gasteiger partial charge < -0.3 is 14.8 Å². The van der Waals surface area contributed by atoms with Crippen LogP contribution in [0.25, 0.3) is 55.6 Å². The standard InChI is InChI=1S/C37H40FN7/c1-44(2)13-5-8-26-18-29(24-39-23-26)27-9-10-34-31(21-27)37(43-42-34)35-22-32-33(41-35)11-12-40-36(32)28-17-25(19-30(38)20-28)7-6-16-45-14-3-4-15-45/h9-12,17-24,41H,3-8,13-16H2,1-2H3,(H,42,43). The van der Waals surface area contributed by atoms with Crippen molar-refractivity contribution in [3.05, 3.63) is 90.1 Å². The number of nitrogens with one attached hydrogen (secondary N) is 2. The summed E-state index contributed by atoms with van der Waals surface area (Å²) in [6.45, 7) is 4.49. The molecule has 0 radical (unpaired) electrons. The molecule has 1 aliphatic rings. The minimum Gasteiger partial charge on any atom is -0.353 e. The summed E-state index contributed by atoms with van der Waals surface area (Å²) in [5.74, 6) is -0.222. The Hall–Kier alpha value is -4.40. The number of rotatable bonds is 11. The number of benzene rings is 2. The topological polar surface area (TPSA) is 76.7 Å². The number of hydrogen-bond donors (Lipinski definition) is 2. The van der Waals surface area contributed by atoms with Crippen LogP contribution in [0, 0.1) is 5.82 Å². The fourth-order valence-electron chi connectivity index (χ4n) is 6.64. The van der Waals surface area contributed by atoms with Crippen molar-refractivity contribution in [1.82, 2.24) is 34.9 Å². The Labute approximate surface area is 263 Å². The monoisotopic (exact) mass is 601 g/mol. The first-order valence-corrected chi connectivity index (χ1v) is 16.1. The third-order valence-corrected chi connectivity index (χ3v) is 8.93. The molecule has 0 saturated carbocycles. The average Bonchev–Trinajstić information content (AvgIpc) is 3.80. The number of aromatic amines is 2. The summed E-state index contributed by atoms with van der Waals surface area (Å²) >= 11 is 0. The molecular weight excluding hydrogens is 561 g/mol. The van der Waals surface area contributed by atoms with Crippen LogP contribution < -0.4 is 0 Å². The molecule has 7 nitrogen and oxygen atoms in total. The first-order chi connectivity index (χ1) is 22.0. The molecule has 5 heterocycles. The maximum absolute atomic E-state index is 14.9. The first-order valence-electron chi connectivity index (χ1n) is 16.1. The van der Waals surface area contributed by atoms with E-state index in [1.165, 1.54) is 31.5 Å². The Morgan fingerprint density at radius 2 is 1.62 bits per heavy atom. The number of pyridine rings is 2. The van der Waals surface area contributed by atoms with Crippen molar-refractivity contribution >= 4 is 21.8 Å². The van der Waals surface area contributed by atoms with E-state index in [1.54, 1.807) is 18.3 Å². The van der Waals surface area contributed by atoms with Gasteiger partial charge in [-0.1, -0.05) is 6.07 Å². The van der Waals surface area contributed by atoms with E-state index < -0.39 is 0 Å². The van der Waals surface area contributed by atoms with Crippen molar-refractivity contribution in [3.63, 3.8) is 0 Å². The molecule has 7 rings (SSSR count). The molecule has 8 heteroatoms. The minimum absolute atomic E-state index is 0.222. The molecule has 0 amide bonds. The van der Waals surface area contributed by atoms with Crippen molar-refractivity contribution < 1.29 is 4.39 Å². The highest BCUT2D eigenvalue weighted by molar-refractivity contribution is 6.00. The van der Waals surface area contributed by atoms with Gasteiger partial charge in [0.05, 0.1) is 16.9 Å². The lowest BCUT2D eigenvalue weighted by molar-refractivity contribution is 0.334. The number of aryl methyl sites for hydroxylation is 2. The highest BCUT2D eigenvalue weighted by Crippen LogP contribution is 2.35. The molecule has 4 aromatic heterocycles. The summed E-state index contributed by atoms with van der Waals surface area (Å²) in [7, 11) is 4.21. The van der Waals surface area contributed by atoms with Gasteiger partial charge in [-0.2, -0.15) is 5.10 Å². The van der Waals surface area contributed by atoms with Crippen molar-refractivity contribution in [1.29, 1.82) is 0 Å². The van der Waals surface area contributed by atoms with Crippen LogP contribution in [0.15, 0.2) is 73.2 Å². The van der Waals surface area contributed by atoms with Gasteiger partial charge in [-0.15, -0.1) is 0 Å². The molecule has 45 heavy (non-hydrogen) atoms. The van der Waals surface area contributed by atoms with Crippen molar-refractivity contribution in [2.24, 2.45) is 0 Å². The van der Waals surface area contributed by atoms with E-state index >= 15 is 0 Å². The van der Waals surface area contributed by atoms with Crippen LogP contribution in [0.2, 0.25) is 0 Å². The fourth-order valence-corrected chi connectivity index (χ4v) is 6.64. The number of H-pyrrole nitrogens is 2. The Morgan fingerprint density at radius 1 is 0.800 bits per heavy atom. The van der Waals surface area contributed by atoms with E-state index in [9.17, 15) is 4.39 Å². The Kier molecular flexibility index (Phi) is 8.41. The third-order valence-electron chi connectivity index (χ3n) is 8.93. The second-order valence-electron chi connectivity index (χ2n) is 12.6. The van der Waals surface area contributed by atoms with Crippen LogP contribution in [0.5, 0.6) is 0 Å². The van der Waals surface area contributed by atoms with Crippen LogP contribution in [0.4, 0.5) is 4.39 Å². The van der Waals surface area contributed by atoms with Gasteiger partial charge in [-0.05, 0) is 144 Å². The Balaban J connectivity index is 1.18. The van der Waals surface area contributed by atoms with Gasteiger partial charge in [0.2, 0.25) is 0 Å². The van der Waals surface area contributed by atoms with Crippen LogP contribution in [0.3, 0.4) is 0 Å². The van der Waals surface area contributed by atoms with Gasteiger partial charge in [0, 0.05) is 46.0 Å². The predicted molar refractivity (Wildman–Crippen MR) is 181 cm³/mol. The smallest absolute Gasteiger partial charge is 0.124 e. The molecule has 0 unspecified atom stereocenters. The van der Waals surface area contributed by atoms with Crippen LogP contribution >= 0.6 is 0 Å². The van der Waals surface area contributed by atoms with Gasteiger partial charge in [0.15, 0.2) is 0 Å². The summed E-state index contributed by atoms with van der Waals surface area (Å²) in [5.41, 5.74) is 9.65. The Bertz CT molecular complexity index is 1930. The molecule has 230 valence electrons. The van der Waals surface area contributed by atoms with Gasteiger partial charge in [0.25, 0.3) is 0 Å². The van der Waals surface area contributed by atoms with Crippen molar-refractivity contribution in [2.75, 3.05) is 40.3 Å². The number of halogens is 1. The second kappa shape index (κ2) is 12.9. The first kappa shape index (κ1) is 29.3. The summed E-state index contributed by atoms with van der Waals surface area (Å²) in [6.07, 6.45) is 12.2. The molecular formula is C37H40FN7. The number of aromatic nitrogens is 5. The maximum atomic E-state index is 14.9. The predicted octanol–water partition coefficient (Wildman–Crippen LogP) is 7.50. The molecule has 0 atom stereocenters. The summed E-state index contributed by atoms with van der Waals surface area (Å²) < 4.78 is 14.9. The van der Waals surface area contributed by atoms with E-state index in [-0.39, 0.29) is 5.82 Å². The van der Waals surface area contributed by atoms with Crippen LogP contribution in [0.1, 0.15) is 36.8 Å². The van der Waals surface area contributed by atoms with Crippen molar-refractivity contribution in [3.8, 4) is 33.8 Å². The van der Waals surface area contributed by atoms with E-state index in [0.29, 0.717) is 0 Å². The molecule has 0 aliphatic carbocycles. The van der Waals surface area contributed by atoms with Gasteiger partial charge in [-0.25, -0.2) is 4.39 Å². The zero-order valence-corrected chi connectivity index (χ0v) is 26.1. The molecule has 2 aromatic carbocycles. The SMILES string of the molecule is CN(C)CCCc1cncc(-c2ccc3[nH]nc(-c4cc5c(-c6cc(F)cc(CCCN7CCCC7)c6)nccc5[nH]4)c3c2)c1. The van der Waals surface area contributed by atoms with Crippen molar-refractivity contribution in [2.45, 2.75) is 38.5 Å². The minimum atomic E-state index is -0.222. The zero-order valence-electron chi connectivity index (χ0n) is 26.1. The number of nitrogens with zero attached hydrogens (tertiary/aromatic N) is 5. The zero-order chi connectivity index (χ0) is 30.8. The van der Waals surface area contributed by atoms with Gasteiger partial charge in [-0.3, -0.25) is 15.1 Å².